The predicted octanol–water partition coefficient (Wildman–Crippen LogP) is 2.55. The summed E-state index contributed by atoms with van der Waals surface area (Å²) in [5.74, 6) is -0.833. The molecule has 2 N–H and O–H groups in total. The zero-order valence-corrected chi connectivity index (χ0v) is 14.7. The van der Waals surface area contributed by atoms with Crippen molar-refractivity contribution in [3.63, 3.8) is 0 Å². The fourth-order valence-electron chi connectivity index (χ4n) is 2.26. The molecule has 0 radical (unpaired) electrons. The number of hydrogen-bond donors (Lipinski definition) is 2. The molecule has 0 saturated heterocycles. The molecule has 0 aliphatic carbocycles. The zero-order valence-electron chi connectivity index (χ0n) is 13.9. The Bertz CT molecular complexity index is 975. The maximum Gasteiger partial charge on any atom is 0.437 e. The monoisotopic (exact) mass is 372 g/mol. The van der Waals surface area contributed by atoms with Crippen LogP contribution in [-0.4, -0.2) is 21.6 Å². The summed E-state index contributed by atoms with van der Waals surface area (Å²) in [6.07, 6.45) is 0.0562. The number of aryl methyl sites for hydroxylation is 1. The molecular weight excluding hydrogens is 356 g/mol. The van der Waals surface area contributed by atoms with Crippen LogP contribution in [0.1, 0.15) is 13.3 Å². The van der Waals surface area contributed by atoms with E-state index in [1.807, 2.05) is 11.4 Å². The Labute approximate surface area is 152 Å². The van der Waals surface area contributed by atoms with Crippen molar-refractivity contribution in [2.45, 2.75) is 19.9 Å². The smallest absolute Gasteiger partial charge is 0.387 e. The van der Waals surface area contributed by atoms with Gasteiger partial charge in [0.15, 0.2) is 0 Å². The average Bonchev–Trinajstić information content (AvgIpc) is 3.22. The molecule has 0 aliphatic heterocycles. The van der Waals surface area contributed by atoms with Gasteiger partial charge in [0.1, 0.15) is 0 Å². The van der Waals surface area contributed by atoms with Gasteiger partial charge >= 0.3 is 5.76 Å². The summed E-state index contributed by atoms with van der Waals surface area (Å²) in [4.78, 5) is 35.7. The summed E-state index contributed by atoms with van der Waals surface area (Å²) < 4.78 is 6.22. The molecule has 3 rings (SSSR count). The van der Waals surface area contributed by atoms with Gasteiger partial charge in [0.25, 0.3) is 5.89 Å². The molecule has 0 bridgehead atoms. The standard InChI is InChI=1S/C17H16N4O4S/c1-11(22)18-12-4-2-5-13(10-12)19-15(23)7-8-21-17(24)25-16(20-21)14-6-3-9-26-14/h2-6,9-10H,7-8H2,1H3,(H,18,22)(H,19,23). The van der Waals surface area contributed by atoms with E-state index in [1.165, 1.54) is 18.3 Å². The van der Waals surface area contributed by atoms with E-state index in [4.69, 9.17) is 4.42 Å². The number of hydrogen-bond acceptors (Lipinski definition) is 6. The van der Waals surface area contributed by atoms with Crippen molar-refractivity contribution in [3.8, 4) is 10.8 Å². The molecule has 1 aromatic carbocycles. The van der Waals surface area contributed by atoms with E-state index in [-0.39, 0.29) is 30.7 Å². The van der Waals surface area contributed by atoms with Crippen molar-refractivity contribution >= 4 is 34.5 Å². The minimum atomic E-state index is -0.603. The van der Waals surface area contributed by atoms with E-state index >= 15 is 0 Å². The highest BCUT2D eigenvalue weighted by Gasteiger charge is 2.12. The molecule has 8 nitrogen and oxygen atoms in total. The molecule has 2 heterocycles. The second-order valence-electron chi connectivity index (χ2n) is 5.43. The number of thiophene rings is 1. The molecule has 2 aromatic heterocycles. The van der Waals surface area contributed by atoms with Gasteiger partial charge in [-0.1, -0.05) is 12.1 Å². The van der Waals surface area contributed by atoms with Crippen molar-refractivity contribution in [2.24, 2.45) is 0 Å². The number of nitrogens with zero attached hydrogens (tertiary/aromatic N) is 2. The molecule has 0 unspecified atom stereocenters. The third kappa shape index (κ3) is 4.45. The van der Waals surface area contributed by atoms with Crippen LogP contribution in [0.3, 0.4) is 0 Å². The molecule has 0 spiro atoms. The summed E-state index contributed by atoms with van der Waals surface area (Å²) in [5.41, 5.74) is 1.14. The minimum Gasteiger partial charge on any atom is -0.387 e. The first-order chi connectivity index (χ1) is 12.5. The van der Waals surface area contributed by atoms with Crippen LogP contribution in [0.5, 0.6) is 0 Å². The third-order valence-electron chi connectivity index (χ3n) is 3.36. The first-order valence-corrected chi connectivity index (χ1v) is 8.68. The quantitative estimate of drug-likeness (QED) is 0.692. The van der Waals surface area contributed by atoms with Crippen LogP contribution in [0.25, 0.3) is 10.8 Å². The first-order valence-electron chi connectivity index (χ1n) is 7.80. The Balaban J connectivity index is 1.59. The van der Waals surface area contributed by atoms with Gasteiger partial charge in [-0.05, 0) is 29.6 Å². The van der Waals surface area contributed by atoms with Gasteiger partial charge < -0.3 is 15.1 Å². The highest BCUT2D eigenvalue weighted by molar-refractivity contribution is 7.13. The van der Waals surface area contributed by atoms with Crippen molar-refractivity contribution < 1.29 is 14.0 Å². The lowest BCUT2D eigenvalue weighted by molar-refractivity contribution is -0.116. The third-order valence-corrected chi connectivity index (χ3v) is 4.21. The number of carbonyl (C=O) groups excluding carboxylic acids is 2. The number of benzene rings is 1. The molecule has 9 heteroatoms. The van der Waals surface area contributed by atoms with E-state index in [9.17, 15) is 14.4 Å². The SMILES string of the molecule is CC(=O)Nc1cccc(NC(=O)CCn2nc(-c3cccs3)oc2=O)c1. The summed E-state index contributed by atoms with van der Waals surface area (Å²) >= 11 is 1.41. The highest BCUT2D eigenvalue weighted by atomic mass is 32.1. The van der Waals surface area contributed by atoms with Crippen LogP contribution in [-0.2, 0) is 16.1 Å². The van der Waals surface area contributed by atoms with Crippen LogP contribution < -0.4 is 16.4 Å². The van der Waals surface area contributed by atoms with Gasteiger partial charge in [-0.2, -0.15) is 4.68 Å². The Morgan fingerprint density at radius 3 is 2.65 bits per heavy atom. The summed E-state index contributed by atoms with van der Waals surface area (Å²) in [6.45, 7) is 1.51. The summed E-state index contributed by atoms with van der Waals surface area (Å²) in [5, 5.41) is 11.3. The molecular formula is C17H16N4O4S. The van der Waals surface area contributed by atoms with Crippen LogP contribution in [0.15, 0.2) is 51.0 Å². The van der Waals surface area contributed by atoms with E-state index in [0.29, 0.717) is 11.4 Å². The minimum absolute atomic E-state index is 0.0562. The summed E-state index contributed by atoms with van der Waals surface area (Å²) in [6, 6.07) is 10.4. The average molecular weight is 372 g/mol. The van der Waals surface area contributed by atoms with Gasteiger partial charge in [-0.15, -0.1) is 16.4 Å². The predicted molar refractivity (Wildman–Crippen MR) is 98.1 cm³/mol. The van der Waals surface area contributed by atoms with E-state index in [1.54, 1.807) is 30.3 Å². The highest BCUT2D eigenvalue weighted by Crippen LogP contribution is 2.21. The Kier molecular flexibility index (Phi) is 5.28. The van der Waals surface area contributed by atoms with Crippen molar-refractivity contribution in [1.82, 2.24) is 9.78 Å². The van der Waals surface area contributed by atoms with E-state index in [0.717, 1.165) is 9.56 Å². The van der Waals surface area contributed by atoms with Crippen molar-refractivity contribution in [2.75, 3.05) is 10.6 Å². The van der Waals surface area contributed by atoms with Gasteiger partial charge in [0.2, 0.25) is 11.8 Å². The number of rotatable bonds is 6. The second kappa shape index (κ2) is 7.79. The van der Waals surface area contributed by atoms with Crippen LogP contribution >= 0.6 is 11.3 Å². The molecule has 0 saturated carbocycles. The summed E-state index contributed by atoms with van der Waals surface area (Å²) in [7, 11) is 0. The lowest BCUT2D eigenvalue weighted by Gasteiger charge is -2.07. The molecule has 0 aliphatic rings. The molecule has 134 valence electrons. The number of aromatic nitrogens is 2. The molecule has 2 amide bonds. The van der Waals surface area contributed by atoms with Gasteiger partial charge in [-0.25, -0.2) is 4.79 Å². The number of amides is 2. The van der Waals surface area contributed by atoms with Crippen molar-refractivity contribution in [1.29, 1.82) is 0 Å². The zero-order chi connectivity index (χ0) is 18.5. The number of carbonyl (C=O) groups is 2. The topological polar surface area (TPSA) is 106 Å². The fourth-order valence-corrected chi connectivity index (χ4v) is 2.90. The first kappa shape index (κ1) is 17.6. The second-order valence-corrected chi connectivity index (χ2v) is 6.38. The Hall–Kier alpha value is -3.20. The maximum atomic E-state index is 12.1. The molecule has 3 aromatic rings. The van der Waals surface area contributed by atoms with E-state index in [2.05, 4.69) is 15.7 Å². The largest absolute Gasteiger partial charge is 0.437 e. The van der Waals surface area contributed by atoms with Crippen molar-refractivity contribution in [3.05, 3.63) is 52.3 Å². The fraction of sp³-hybridized carbons (Fsp3) is 0.176. The maximum absolute atomic E-state index is 12.1. The Morgan fingerprint density at radius 2 is 1.96 bits per heavy atom. The van der Waals surface area contributed by atoms with E-state index < -0.39 is 5.76 Å². The Morgan fingerprint density at radius 1 is 1.19 bits per heavy atom. The lowest BCUT2D eigenvalue weighted by atomic mass is 10.2. The number of anilines is 2. The number of nitrogens with one attached hydrogen (secondary N) is 2. The van der Waals surface area contributed by atoms with Crippen LogP contribution in [0.2, 0.25) is 0 Å². The van der Waals surface area contributed by atoms with Gasteiger partial charge in [-0.3, -0.25) is 9.59 Å². The molecule has 26 heavy (non-hydrogen) atoms. The van der Waals surface area contributed by atoms with Crippen LogP contribution in [0, 0.1) is 0 Å². The molecule has 0 atom stereocenters. The van der Waals surface area contributed by atoms with Gasteiger partial charge in [0, 0.05) is 24.7 Å². The van der Waals surface area contributed by atoms with Gasteiger partial charge in [0.05, 0.1) is 11.4 Å². The molecule has 0 fully saturated rings. The normalized spacial score (nSPS) is 10.5. The van der Waals surface area contributed by atoms with Crippen LogP contribution in [0.4, 0.5) is 11.4 Å². The lowest BCUT2D eigenvalue weighted by Crippen LogP contribution is -2.21.